The lowest BCUT2D eigenvalue weighted by molar-refractivity contribution is 0.0955. The molecule has 216 valence electrons. The molecule has 0 unspecified atom stereocenters. The Bertz CT molecular complexity index is 1520. The summed E-state index contributed by atoms with van der Waals surface area (Å²) in [5.74, 6) is -1.38. The zero-order chi connectivity index (χ0) is 30.3. The lowest BCUT2D eigenvalue weighted by Crippen LogP contribution is -2.40. The van der Waals surface area contributed by atoms with E-state index in [0.29, 0.717) is 14.7 Å². The van der Waals surface area contributed by atoms with E-state index in [1.54, 1.807) is 19.1 Å². The fourth-order valence-corrected chi connectivity index (χ4v) is 6.35. The van der Waals surface area contributed by atoms with E-state index in [-0.39, 0.29) is 47.1 Å². The van der Waals surface area contributed by atoms with Crippen molar-refractivity contribution in [2.75, 3.05) is 45.7 Å². The first-order valence-corrected chi connectivity index (χ1v) is 14.4. The van der Waals surface area contributed by atoms with E-state index in [0.717, 1.165) is 11.3 Å². The van der Waals surface area contributed by atoms with E-state index < -0.39 is 47.1 Å². The maximum absolute atomic E-state index is 13.1. The average molecular weight is 602 g/mol. The summed E-state index contributed by atoms with van der Waals surface area (Å²) >= 11 is 1.08. The fraction of sp³-hybridized carbons (Fsp3) is 0.360. The quantitative estimate of drug-likeness (QED) is 0.426. The average Bonchev–Trinajstić information content (AvgIpc) is 3.30. The number of ether oxygens (including phenoxy) is 1. The normalized spacial score (nSPS) is 12.5. The first kappa shape index (κ1) is 31.0. The molecule has 41 heavy (non-hydrogen) atoms. The number of thiophene rings is 1. The van der Waals surface area contributed by atoms with Gasteiger partial charge in [-0.05, 0) is 43.2 Å². The number of amides is 5. The predicted molar refractivity (Wildman–Crippen MR) is 146 cm³/mol. The van der Waals surface area contributed by atoms with Crippen LogP contribution in [-0.4, -0.2) is 86.8 Å². The number of hydrogen-bond acceptors (Lipinski definition) is 10. The maximum atomic E-state index is 13.1. The lowest BCUT2D eigenvalue weighted by atomic mass is 10.0. The van der Waals surface area contributed by atoms with Crippen LogP contribution in [-0.2, 0) is 27.7 Å². The third-order valence-electron chi connectivity index (χ3n) is 5.91. The van der Waals surface area contributed by atoms with E-state index in [2.05, 4.69) is 10.6 Å². The number of hydrogen-bond donors (Lipinski definition) is 2. The largest absolute Gasteiger partial charge is 0.450 e. The van der Waals surface area contributed by atoms with Crippen LogP contribution in [0.2, 0.25) is 0 Å². The van der Waals surface area contributed by atoms with Crippen molar-refractivity contribution in [3.63, 3.8) is 0 Å². The van der Waals surface area contributed by atoms with Gasteiger partial charge in [0.1, 0.15) is 18.1 Å². The number of benzene rings is 1. The molecule has 0 saturated heterocycles. The smallest absolute Gasteiger partial charge is 0.410 e. The zero-order valence-corrected chi connectivity index (χ0v) is 24.1. The number of urea groups is 1. The molecule has 0 radical (unpaired) electrons. The SMILES string of the molecule is CCOC(=O)N1CCc2c(sc(NC(=O)c3ccc(S(=O)(=O)N(CC#N)CC#N)cc3)c2C(=O)NC(=O)N(C)C)C1. The third-order valence-corrected chi connectivity index (χ3v) is 8.85. The highest BCUT2D eigenvalue weighted by molar-refractivity contribution is 7.89. The summed E-state index contributed by atoms with van der Waals surface area (Å²) in [6.07, 6.45) is -0.225. The Morgan fingerprint density at radius 3 is 2.27 bits per heavy atom. The van der Waals surface area contributed by atoms with Gasteiger partial charge in [-0.2, -0.15) is 14.8 Å². The molecule has 14 nitrogen and oxygen atoms in total. The van der Waals surface area contributed by atoms with Crippen LogP contribution >= 0.6 is 11.3 Å². The second-order valence-electron chi connectivity index (χ2n) is 8.80. The molecule has 16 heteroatoms. The lowest BCUT2D eigenvalue weighted by Gasteiger charge is -2.26. The topological polar surface area (TPSA) is 193 Å². The molecule has 0 bridgehead atoms. The highest BCUT2D eigenvalue weighted by atomic mass is 32.2. The van der Waals surface area contributed by atoms with Gasteiger partial charge in [-0.25, -0.2) is 18.0 Å². The molecule has 1 aromatic carbocycles. The van der Waals surface area contributed by atoms with Crippen LogP contribution in [0, 0.1) is 22.7 Å². The van der Waals surface area contributed by atoms with E-state index in [1.807, 2.05) is 0 Å². The molecule has 0 aliphatic carbocycles. The van der Waals surface area contributed by atoms with Gasteiger partial charge in [-0.3, -0.25) is 14.9 Å². The Labute approximate surface area is 240 Å². The minimum absolute atomic E-state index is 0.0614. The summed E-state index contributed by atoms with van der Waals surface area (Å²) in [4.78, 5) is 53.8. The first-order chi connectivity index (χ1) is 19.4. The number of rotatable bonds is 8. The summed E-state index contributed by atoms with van der Waals surface area (Å²) in [6, 6.07) is 7.60. The van der Waals surface area contributed by atoms with Gasteiger partial charge in [0.05, 0.1) is 35.7 Å². The molecule has 1 aromatic heterocycles. The van der Waals surface area contributed by atoms with Crippen molar-refractivity contribution in [3.05, 3.63) is 45.8 Å². The standard InChI is InChI=1S/C25H27N7O7S2/c1-4-39-25(36)31-12-9-18-19(15-31)40-23(20(18)22(34)29-24(35)30(2)3)28-21(33)16-5-7-17(8-6-16)41(37,38)32(13-10-26)14-11-27/h5-8H,4,9,12-15H2,1-3H3,(H,28,33)(H,29,34,35). The third kappa shape index (κ3) is 6.98. The van der Waals surface area contributed by atoms with Crippen molar-refractivity contribution in [2.24, 2.45) is 0 Å². The van der Waals surface area contributed by atoms with Crippen LogP contribution in [0.3, 0.4) is 0 Å². The Morgan fingerprint density at radius 2 is 1.71 bits per heavy atom. The maximum Gasteiger partial charge on any atom is 0.410 e. The van der Waals surface area contributed by atoms with Crippen molar-refractivity contribution < 1.29 is 32.3 Å². The van der Waals surface area contributed by atoms with Crippen LogP contribution in [0.25, 0.3) is 0 Å². The number of nitrogens with one attached hydrogen (secondary N) is 2. The minimum atomic E-state index is -4.15. The van der Waals surface area contributed by atoms with E-state index in [1.165, 1.54) is 48.2 Å². The van der Waals surface area contributed by atoms with Gasteiger partial charge in [-0.15, -0.1) is 11.3 Å². The number of carbonyl (C=O) groups is 4. The summed E-state index contributed by atoms with van der Waals surface area (Å²) in [5.41, 5.74) is 0.748. The van der Waals surface area contributed by atoms with Gasteiger partial charge in [0.25, 0.3) is 11.8 Å². The number of nitriles is 2. The van der Waals surface area contributed by atoms with Gasteiger partial charge in [0.2, 0.25) is 10.0 Å². The molecule has 0 saturated carbocycles. The van der Waals surface area contributed by atoms with Gasteiger partial charge in [0.15, 0.2) is 0 Å². The van der Waals surface area contributed by atoms with Gasteiger partial charge < -0.3 is 19.9 Å². The number of imide groups is 1. The monoisotopic (exact) mass is 601 g/mol. The van der Waals surface area contributed by atoms with Crippen molar-refractivity contribution in [2.45, 2.75) is 24.8 Å². The second-order valence-corrected chi connectivity index (χ2v) is 11.8. The molecule has 0 fully saturated rings. The van der Waals surface area contributed by atoms with Crippen LogP contribution in [0.5, 0.6) is 0 Å². The van der Waals surface area contributed by atoms with Crippen LogP contribution in [0.4, 0.5) is 14.6 Å². The highest BCUT2D eigenvalue weighted by Gasteiger charge is 2.32. The zero-order valence-electron chi connectivity index (χ0n) is 22.5. The number of sulfonamides is 1. The number of carbonyl (C=O) groups excluding carboxylic acids is 4. The summed E-state index contributed by atoms with van der Waals surface area (Å²) < 4.78 is 31.3. The molecule has 1 aliphatic heterocycles. The molecular formula is C25H27N7O7S2. The molecule has 3 rings (SSSR count). The number of nitrogens with zero attached hydrogens (tertiary/aromatic N) is 5. The second kappa shape index (κ2) is 13.2. The van der Waals surface area contributed by atoms with Crippen molar-refractivity contribution in [1.82, 2.24) is 19.4 Å². The Kier molecular flexibility index (Phi) is 10.0. The summed E-state index contributed by atoms with van der Waals surface area (Å²) in [5, 5.41) is 22.9. The number of fused-ring (bicyclic) bond motifs is 1. The molecule has 2 N–H and O–H groups in total. The van der Waals surface area contributed by atoms with Gasteiger partial charge >= 0.3 is 12.1 Å². The molecular weight excluding hydrogens is 574 g/mol. The molecule has 1 aliphatic rings. The predicted octanol–water partition coefficient (Wildman–Crippen LogP) is 1.96. The summed E-state index contributed by atoms with van der Waals surface area (Å²) in [6.45, 7) is 1.26. The van der Waals surface area contributed by atoms with Crippen molar-refractivity contribution >= 4 is 50.3 Å². The Balaban J connectivity index is 1.91. The van der Waals surface area contributed by atoms with Crippen molar-refractivity contribution in [3.8, 4) is 12.1 Å². The summed E-state index contributed by atoms with van der Waals surface area (Å²) in [7, 11) is -1.22. The van der Waals surface area contributed by atoms with Crippen molar-refractivity contribution in [1.29, 1.82) is 10.5 Å². The molecule has 0 spiro atoms. The van der Waals surface area contributed by atoms with Gasteiger partial charge in [-0.1, -0.05) is 0 Å². The van der Waals surface area contributed by atoms with E-state index >= 15 is 0 Å². The van der Waals surface area contributed by atoms with Crippen LogP contribution < -0.4 is 10.6 Å². The highest BCUT2D eigenvalue weighted by Crippen LogP contribution is 2.37. The Hall–Kier alpha value is -4.51. The Morgan fingerprint density at radius 1 is 1.07 bits per heavy atom. The first-order valence-electron chi connectivity index (χ1n) is 12.2. The molecule has 0 atom stereocenters. The van der Waals surface area contributed by atoms with E-state index in [9.17, 15) is 27.6 Å². The molecule has 5 amide bonds. The van der Waals surface area contributed by atoms with E-state index in [4.69, 9.17) is 15.3 Å². The molecule has 2 aromatic rings. The van der Waals surface area contributed by atoms with Crippen LogP contribution in [0.1, 0.15) is 38.1 Å². The fourth-order valence-electron chi connectivity index (χ4n) is 3.86. The number of anilines is 1. The minimum Gasteiger partial charge on any atom is -0.450 e. The molecule has 2 heterocycles. The van der Waals surface area contributed by atoms with Gasteiger partial charge in [0, 0.05) is 31.1 Å². The van der Waals surface area contributed by atoms with Crippen LogP contribution in [0.15, 0.2) is 29.2 Å².